The molecular weight excluding hydrogens is 526 g/mol. The number of pyridine rings is 1. The molecule has 9 heteroatoms. The fourth-order valence-corrected chi connectivity index (χ4v) is 5.55. The van der Waals surface area contributed by atoms with Gasteiger partial charge < -0.3 is 19.7 Å². The van der Waals surface area contributed by atoms with Crippen LogP contribution < -0.4 is 19.7 Å². The highest BCUT2D eigenvalue weighted by atomic mass is 16.5. The second-order valence-electron chi connectivity index (χ2n) is 10.2. The van der Waals surface area contributed by atoms with E-state index in [-0.39, 0.29) is 6.04 Å². The van der Waals surface area contributed by atoms with Gasteiger partial charge in [0, 0.05) is 17.4 Å². The molecule has 9 nitrogen and oxygen atoms in total. The lowest BCUT2D eigenvalue weighted by Crippen LogP contribution is -2.46. The number of nitrogens with zero attached hydrogens (tertiary/aromatic N) is 6. The largest absolute Gasteiger partial charge is 0.493 e. The topological polar surface area (TPSA) is 89.2 Å². The van der Waals surface area contributed by atoms with Crippen molar-refractivity contribution in [2.24, 2.45) is 9.98 Å². The van der Waals surface area contributed by atoms with Gasteiger partial charge in [-0.25, -0.2) is 15.0 Å². The average Bonchev–Trinajstić information content (AvgIpc) is 3.37. The highest BCUT2D eigenvalue weighted by Gasteiger charge is 2.41. The second-order valence-corrected chi connectivity index (χ2v) is 10.2. The Hall–Kier alpha value is -5.44. The van der Waals surface area contributed by atoms with E-state index in [9.17, 15) is 0 Å². The first-order chi connectivity index (χ1) is 20.6. The maximum Gasteiger partial charge on any atom is 0.179 e. The number of aromatic nitrogens is 3. The first kappa shape index (κ1) is 25.5. The molecule has 4 heterocycles. The van der Waals surface area contributed by atoms with Crippen LogP contribution in [0.2, 0.25) is 0 Å². The van der Waals surface area contributed by atoms with Crippen LogP contribution in [0.25, 0.3) is 5.82 Å². The minimum absolute atomic E-state index is 0.295. The number of rotatable bonds is 5. The maximum atomic E-state index is 5.74. The Balaban J connectivity index is 1.50. The molecule has 0 saturated heterocycles. The minimum atomic E-state index is -0.295. The number of methoxy groups -OCH3 is 2. The molecule has 3 aromatic carbocycles. The Morgan fingerprint density at radius 1 is 0.810 bits per heavy atom. The van der Waals surface area contributed by atoms with E-state index >= 15 is 0 Å². The van der Waals surface area contributed by atoms with Crippen molar-refractivity contribution < 1.29 is 9.47 Å². The lowest BCUT2D eigenvalue weighted by atomic mass is 9.93. The first-order valence-electron chi connectivity index (χ1n) is 13.7. The molecule has 0 bridgehead atoms. The van der Waals surface area contributed by atoms with Crippen LogP contribution in [0.5, 0.6) is 11.5 Å². The van der Waals surface area contributed by atoms with E-state index in [2.05, 4.69) is 46.4 Å². The number of hydrogen-bond donors (Lipinski definition) is 1. The van der Waals surface area contributed by atoms with E-state index in [4.69, 9.17) is 24.6 Å². The summed E-state index contributed by atoms with van der Waals surface area (Å²) in [6.45, 7) is 4.09. The van der Waals surface area contributed by atoms with Gasteiger partial charge in [-0.3, -0.25) is 0 Å². The Labute approximate surface area is 243 Å². The summed E-state index contributed by atoms with van der Waals surface area (Å²) in [5.41, 5.74) is 6.71. The van der Waals surface area contributed by atoms with E-state index in [1.165, 1.54) is 5.56 Å². The van der Waals surface area contributed by atoms with Crippen LogP contribution in [0.15, 0.2) is 101 Å². The monoisotopic (exact) mass is 555 g/mol. The Bertz CT molecular complexity index is 1860. The maximum absolute atomic E-state index is 5.74. The molecule has 0 spiro atoms. The van der Waals surface area contributed by atoms with Crippen molar-refractivity contribution in [3.63, 3.8) is 0 Å². The molecule has 2 aliphatic rings. The van der Waals surface area contributed by atoms with E-state index in [0.29, 0.717) is 34.8 Å². The van der Waals surface area contributed by atoms with Gasteiger partial charge in [-0.15, -0.1) is 0 Å². The first-order valence-corrected chi connectivity index (χ1v) is 13.7. The van der Waals surface area contributed by atoms with E-state index in [0.717, 1.165) is 33.9 Å². The van der Waals surface area contributed by atoms with Crippen molar-refractivity contribution in [1.82, 2.24) is 14.8 Å². The van der Waals surface area contributed by atoms with E-state index in [1.807, 2.05) is 72.3 Å². The van der Waals surface area contributed by atoms with E-state index < -0.39 is 0 Å². The number of aliphatic imine (C=N–C) groups is 2. The summed E-state index contributed by atoms with van der Waals surface area (Å²) in [7, 11) is 3.29. The van der Waals surface area contributed by atoms with Crippen molar-refractivity contribution in [3.8, 4) is 17.3 Å². The van der Waals surface area contributed by atoms with Crippen molar-refractivity contribution in [3.05, 3.63) is 114 Å². The highest BCUT2D eigenvalue weighted by molar-refractivity contribution is 6.51. The number of anilines is 2. The summed E-state index contributed by atoms with van der Waals surface area (Å²) in [5, 5.41) is 8.50. The molecule has 208 valence electrons. The zero-order valence-corrected chi connectivity index (χ0v) is 23.7. The van der Waals surface area contributed by atoms with Crippen LogP contribution in [0.4, 0.5) is 22.9 Å². The van der Waals surface area contributed by atoms with Gasteiger partial charge in [-0.2, -0.15) is 9.78 Å². The lowest BCUT2D eigenvalue weighted by Gasteiger charge is -2.40. The van der Waals surface area contributed by atoms with Gasteiger partial charge in [0.2, 0.25) is 0 Å². The normalized spacial score (nSPS) is 15.1. The van der Waals surface area contributed by atoms with Crippen LogP contribution >= 0.6 is 0 Å². The summed E-state index contributed by atoms with van der Waals surface area (Å²) in [6, 6.07) is 27.9. The third kappa shape index (κ3) is 4.17. The van der Waals surface area contributed by atoms with Gasteiger partial charge in [0.15, 0.2) is 34.8 Å². The predicted octanol–water partition coefficient (Wildman–Crippen LogP) is 6.70. The summed E-state index contributed by atoms with van der Waals surface area (Å²) in [5.74, 6) is 4.02. The molecular formula is C33H29N7O2. The molecule has 1 atom stereocenters. The molecule has 42 heavy (non-hydrogen) atoms. The fourth-order valence-electron chi connectivity index (χ4n) is 5.55. The molecule has 0 aliphatic carbocycles. The second kappa shape index (κ2) is 10.2. The molecule has 2 aliphatic heterocycles. The van der Waals surface area contributed by atoms with Crippen LogP contribution in [0.1, 0.15) is 28.4 Å². The number of amidine groups is 2. The van der Waals surface area contributed by atoms with Crippen LogP contribution in [-0.4, -0.2) is 40.7 Å². The molecule has 0 amide bonds. The highest BCUT2D eigenvalue weighted by Crippen LogP contribution is 2.49. The lowest BCUT2D eigenvalue weighted by molar-refractivity contribution is 0.354. The average molecular weight is 556 g/mol. The predicted molar refractivity (Wildman–Crippen MR) is 165 cm³/mol. The molecule has 5 aromatic rings. The third-order valence-electron chi connectivity index (χ3n) is 7.54. The summed E-state index contributed by atoms with van der Waals surface area (Å²) in [6.07, 6.45) is 1.76. The van der Waals surface area contributed by atoms with Crippen molar-refractivity contribution in [2.45, 2.75) is 19.9 Å². The Morgan fingerprint density at radius 2 is 1.60 bits per heavy atom. The minimum Gasteiger partial charge on any atom is -0.493 e. The van der Waals surface area contributed by atoms with Gasteiger partial charge >= 0.3 is 0 Å². The number of aryl methyl sites for hydroxylation is 2. The van der Waals surface area contributed by atoms with Crippen molar-refractivity contribution in [1.29, 1.82) is 0 Å². The van der Waals surface area contributed by atoms with Crippen LogP contribution in [0.3, 0.4) is 0 Å². The molecule has 1 unspecified atom stereocenters. The van der Waals surface area contributed by atoms with Crippen molar-refractivity contribution in [2.75, 3.05) is 24.4 Å². The zero-order valence-electron chi connectivity index (χ0n) is 23.7. The number of benzene rings is 3. The fraction of sp³-hybridized carbons (Fsp3) is 0.152. The van der Waals surface area contributed by atoms with Crippen LogP contribution in [-0.2, 0) is 0 Å². The summed E-state index contributed by atoms with van der Waals surface area (Å²) < 4.78 is 13.1. The SMILES string of the molecule is COc1ccc(C2c3c(C)nn(-c4ccccn4)c3N=C3C(Nc4ccc(C)cc4)=Nc4ccccc4N32)cc1OC. The van der Waals surface area contributed by atoms with Crippen LogP contribution in [0, 0.1) is 13.8 Å². The summed E-state index contributed by atoms with van der Waals surface area (Å²) >= 11 is 0. The van der Waals surface area contributed by atoms with Gasteiger partial charge in [0.1, 0.15) is 0 Å². The quantitative estimate of drug-likeness (QED) is 0.260. The van der Waals surface area contributed by atoms with Crippen molar-refractivity contribution >= 4 is 34.6 Å². The molecule has 1 N–H and O–H groups in total. The van der Waals surface area contributed by atoms with Gasteiger partial charge in [0.05, 0.1) is 37.3 Å². The van der Waals surface area contributed by atoms with Gasteiger partial charge in [-0.1, -0.05) is 42.0 Å². The number of fused-ring (bicyclic) bond motifs is 4. The van der Waals surface area contributed by atoms with Gasteiger partial charge in [-0.05, 0) is 67.9 Å². The standard InChI is InChI=1S/C33H29N7O2/c1-20-12-15-23(16-13-20)35-31-33-37-32-29(21(2)38-40(32)28-11-7-8-18-34-28)30(22-14-17-26(41-3)27(19-22)42-4)39(33)25-10-6-5-9-24(25)36-31/h5-19,30H,1-4H3,(H,35,36). The van der Waals surface area contributed by atoms with E-state index in [1.54, 1.807) is 20.4 Å². The molecule has 2 aromatic heterocycles. The van der Waals surface area contributed by atoms with Gasteiger partial charge in [0.25, 0.3) is 0 Å². The molecule has 7 rings (SSSR count). The third-order valence-corrected chi connectivity index (χ3v) is 7.54. The molecule has 0 radical (unpaired) electrons. The number of nitrogens with one attached hydrogen (secondary N) is 1. The number of hydrogen-bond acceptors (Lipinski definition) is 8. The zero-order chi connectivity index (χ0) is 28.8. The number of para-hydroxylation sites is 2. The number of ether oxygens (including phenoxy) is 2. The smallest absolute Gasteiger partial charge is 0.179 e. The Morgan fingerprint density at radius 3 is 2.36 bits per heavy atom. The summed E-state index contributed by atoms with van der Waals surface area (Å²) in [4.78, 5) is 17.2. The molecule has 0 saturated carbocycles. The molecule has 0 fully saturated rings. The Kier molecular flexibility index (Phi) is 6.19.